The van der Waals surface area contributed by atoms with E-state index >= 15 is 0 Å². The van der Waals surface area contributed by atoms with Crippen LogP contribution < -0.4 is 5.32 Å². The van der Waals surface area contributed by atoms with Crippen molar-refractivity contribution in [2.24, 2.45) is 5.41 Å². The Morgan fingerprint density at radius 3 is 2.38 bits per heavy atom. The summed E-state index contributed by atoms with van der Waals surface area (Å²) in [6.07, 6.45) is 0. The van der Waals surface area contributed by atoms with Crippen LogP contribution in [0, 0.1) is 12.3 Å². The van der Waals surface area contributed by atoms with E-state index in [1.165, 1.54) is 15.6 Å². The molecule has 1 N–H and O–H groups in total. The number of rotatable bonds is 3. The van der Waals surface area contributed by atoms with Crippen LogP contribution in [0.5, 0.6) is 0 Å². The summed E-state index contributed by atoms with van der Waals surface area (Å²) in [6, 6.07) is 7.02. The molecule has 0 spiro atoms. The van der Waals surface area contributed by atoms with E-state index in [0.29, 0.717) is 6.04 Å². The molecule has 0 aliphatic heterocycles. The van der Waals surface area contributed by atoms with E-state index in [9.17, 15) is 0 Å². The normalized spacial score (nSPS) is 13.9. The molecule has 0 aliphatic carbocycles. The lowest BCUT2D eigenvalue weighted by Crippen LogP contribution is -2.32. The van der Waals surface area contributed by atoms with Gasteiger partial charge in [0.25, 0.3) is 0 Å². The molecular formula is C14H22BrN. The zero-order valence-electron chi connectivity index (χ0n) is 10.9. The van der Waals surface area contributed by atoms with E-state index in [0.717, 1.165) is 6.54 Å². The maximum atomic E-state index is 3.57. The molecule has 0 heterocycles. The maximum absolute atomic E-state index is 3.57. The van der Waals surface area contributed by atoms with Crippen molar-refractivity contribution in [3.63, 3.8) is 0 Å². The number of aryl methyl sites for hydroxylation is 1. The SMILES string of the molecule is CCNC(c1ccc(Br)c(C)c1)C(C)(C)C. The lowest BCUT2D eigenvalue weighted by Gasteiger charge is -2.32. The van der Waals surface area contributed by atoms with Gasteiger partial charge in [-0.3, -0.25) is 0 Å². The van der Waals surface area contributed by atoms with Crippen LogP contribution in [0.25, 0.3) is 0 Å². The number of nitrogens with one attached hydrogen (secondary N) is 1. The van der Waals surface area contributed by atoms with Gasteiger partial charge in [0.1, 0.15) is 0 Å². The molecule has 0 saturated heterocycles. The fourth-order valence-corrected chi connectivity index (χ4v) is 2.22. The summed E-state index contributed by atoms with van der Waals surface area (Å²) >= 11 is 3.55. The molecule has 1 unspecified atom stereocenters. The van der Waals surface area contributed by atoms with Crippen molar-refractivity contribution >= 4 is 15.9 Å². The Bertz CT molecular complexity index is 352. The molecular weight excluding hydrogens is 262 g/mol. The minimum absolute atomic E-state index is 0.232. The Kier molecular flexibility index (Phi) is 4.57. The predicted octanol–water partition coefficient (Wildman–Crippen LogP) is 4.45. The standard InChI is InChI=1S/C14H22BrN/c1-6-16-13(14(3,4)5)11-7-8-12(15)10(2)9-11/h7-9,13,16H,6H2,1-5H3. The van der Waals surface area contributed by atoms with Crippen LogP contribution in [0.2, 0.25) is 0 Å². The van der Waals surface area contributed by atoms with Crippen molar-refractivity contribution in [3.05, 3.63) is 33.8 Å². The number of hydrogen-bond acceptors (Lipinski definition) is 1. The summed E-state index contributed by atoms with van der Waals surface area (Å²) < 4.78 is 1.18. The van der Waals surface area contributed by atoms with Crippen molar-refractivity contribution in [3.8, 4) is 0 Å². The quantitative estimate of drug-likeness (QED) is 0.864. The van der Waals surface area contributed by atoms with Gasteiger partial charge in [0.05, 0.1) is 0 Å². The van der Waals surface area contributed by atoms with Gasteiger partial charge in [0, 0.05) is 10.5 Å². The minimum atomic E-state index is 0.232. The first-order valence-electron chi connectivity index (χ1n) is 5.85. The van der Waals surface area contributed by atoms with Crippen LogP contribution >= 0.6 is 15.9 Å². The molecule has 1 aromatic carbocycles. The Morgan fingerprint density at radius 1 is 1.31 bits per heavy atom. The van der Waals surface area contributed by atoms with Crippen LogP contribution in [-0.2, 0) is 0 Å². The molecule has 1 atom stereocenters. The van der Waals surface area contributed by atoms with Gasteiger partial charge in [-0.15, -0.1) is 0 Å². The Labute approximate surface area is 108 Å². The lowest BCUT2D eigenvalue weighted by molar-refractivity contribution is 0.276. The molecule has 0 bridgehead atoms. The van der Waals surface area contributed by atoms with Gasteiger partial charge in [-0.05, 0) is 36.1 Å². The molecule has 2 heteroatoms. The van der Waals surface area contributed by atoms with Crippen LogP contribution in [-0.4, -0.2) is 6.54 Å². The highest BCUT2D eigenvalue weighted by Gasteiger charge is 2.25. The van der Waals surface area contributed by atoms with E-state index in [1.54, 1.807) is 0 Å². The van der Waals surface area contributed by atoms with Crippen molar-refractivity contribution in [2.75, 3.05) is 6.54 Å². The van der Waals surface area contributed by atoms with E-state index in [2.05, 4.69) is 74.1 Å². The second-order valence-corrected chi connectivity index (χ2v) is 6.22. The van der Waals surface area contributed by atoms with E-state index in [4.69, 9.17) is 0 Å². The van der Waals surface area contributed by atoms with Crippen LogP contribution in [0.1, 0.15) is 44.9 Å². The second kappa shape index (κ2) is 5.33. The van der Waals surface area contributed by atoms with Gasteiger partial charge in [-0.25, -0.2) is 0 Å². The molecule has 1 nitrogen and oxygen atoms in total. The molecule has 0 aromatic heterocycles. The van der Waals surface area contributed by atoms with Crippen molar-refractivity contribution in [1.29, 1.82) is 0 Å². The zero-order valence-corrected chi connectivity index (χ0v) is 12.5. The van der Waals surface area contributed by atoms with Gasteiger partial charge in [-0.1, -0.05) is 55.8 Å². The Morgan fingerprint density at radius 2 is 1.94 bits per heavy atom. The largest absolute Gasteiger partial charge is 0.310 e. The van der Waals surface area contributed by atoms with Gasteiger partial charge in [0.15, 0.2) is 0 Å². The average Bonchev–Trinajstić information content (AvgIpc) is 2.17. The average molecular weight is 284 g/mol. The summed E-state index contributed by atoms with van der Waals surface area (Å²) in [4.78, 5) is 0. The lowest BCUT2D eigenvalue weighted by atomic mass is 9.82. The topological polar surface area (TPSA) is 12.0 Å². The monoisotopic (exact) mass is 283 g/mol. The fourth-order valence-electron chi connectivity index (χ4n) is 1.98. The van der Waals surface area contributed by atoms with Crippen molar-refractivity contribution in [1.82, 2.24) is 5.32 Å². The van der Waals surface area contributed by atoms with Crippen LogP contribution in [0.3, 0.4) is 0 Å². The number of benzene rings is 1. The van der Waals surface area contributed by atoms with Crippen LogP contribution in [0.15, 0.2) is 22.7 Å². The highest BCUT2D eigenvalue weighted by atomic mass is 79.9. The smallest absolute Gasteiger partial charge is 0.0369 e. The molecule has 0 radical (unpaired) electrons. The summed E-state index contributed by atoms with van der Waals surface area (Å²) in [5.74, 6) is 0. The second-order valence-electron chi connectivity index (χ2n) is 5.37. The summed E-state index contributed by atoms with van der Waals surface area (Å²) in [5, 5.41) is 3.57. The fraction of sp³-hybridized carbons (Fsp3) is 0.571. The predicted molar refractivity (Wildman–Crippen MR) is 74.8 cm³/mol. The van der Waals surface area contributed by atoms with Gasteiger partial charge < -0.3 is 5.32 Å². The molecule has 16 heavy (non-hydrogen) atoms. The molecule has 0 saturated carbocycles. The maximum Gasteiger partial charge on any atom is 0.0369 e. The Balaban J connectivity index is 3.06. The van der Waals surface area contributed by atoms with Crippen molar-refractivity contribution in [2.45, 2.75) is 40.7 Å². The van der Waals surface area contributed by atoms with E-state index < -0.39 is 0 Å². The third-order valence-electron chi connectivity index (χ3n) is 2.79. The number of halogens is 1. The number of hydrogen-bond donors (Lipinski definition) is 1. The Hall–Kier alpha value is -0.340. The summed E-state index contributed by atoms with van der Waals surface area (Å²) in [6.45, 7) is 12.1. The summed E-state index contributed by atoms with van der Waals surface area (Å²) in [7, 11) is 0. The van der Waals surface area contributed by atoms with E-state index in [1.807, 2.05) is 0 Å². The molecule has 1 aromatic rings. The van der Waals surface area contributed by atoms with Gasteiger partial charge >= 0.3 is 0 Å². The van der Waals surface area contributed by atoms with E-state index in [-0.39, 0.29) is 5.41 Å². The first-order chi connectivity index (χ1) is 7.36. The highest BCUT2D eigenvalue weighted by molar-refractivity contribution is 9.10. The molecule has 0 amide bonds. The third kappa shape index (κ3) is 3.33. The summed E-state index contributed by atoms with van der Waals surface area (Å²) in [5.41, 5.74) is 2.90. The first kappa shape index (κ1) is 13.7. The zero-order chi connectivity index (χ0) is 12.3. The van der Waals surface area contributed by atoms with Gasteiger partial charge in [-0.2, -0.15) is 0 Å². The highest BCUT2D eigenvalue weighted by Crippen LogP contribution is 2.34. The molecule has 1 rings (SSSR count). The van der Waals surface area contributed by atoms with Gasteiger partial charge in [0.2, 0.25) is 0 Å². The van der Waals surface area contributed by atoms with Crippen LogP contribution in [0.4, 0.5) is 0 Å². The molecule has 90 valence electrons. The molecule has 0 aliphatic rings. The third-order valence-corrected chi connectivity index (χ3v) is 3.68. The first-order valence-corrected chi connectivity index (χ1v) is 6.65. The minimum Gasteiger partial charge on any atom is -0.310 e. The van der Waals surface area contributed by atoms with Crippen molar-refractivity contribution < 1.29 is 0 Å². The molecule has 0 fully saturated rings.